The highest BCUT2D eigenvalue weighted by molar-refractivity contribution is 5.36. The van der Waals surface area contributed by atoms with E-state index in [0.717, 1.165) is 31.9 Å². The number of hydrogen-bond acceptors (Lipinski definition) is 3. The Bertz CT molecular complexity index is 374. The van der Waals surface area contributed by atoms with Crippen LogP contribution in [-0.4, -0.2) is 26.9 Å². The second kappa shape index (κ2) is 5.07. The van der Waals surface area contributed by atoms with Crippen molar-refractivity contribution in [2.24, 2.45) is 11.7 Å². The molecule has 0 saturated carbocycles. The van der Waals surface area contributed by atoms with Crippen molar-refractivity contribution in [1.82, 2.24) is 0 Å². The molecule has 1 aliphatic heterocycles. The van der Waals surface area contributed by atoms with Crippen LogP contribution in [0.4, 0.5) is 0 Å². The molecule has 1 unspecified atom stereocenters. The Labute approximate surface area is 103 Å². The molecule has 17 heavy (non-hydrogen) atoms. The summed E-state index contributed by atoms with van der Waals surface area (Å²) in [6.07, 6.45) is 1.03. The van der Waals surface area contributed by atoms with Crippen molar-refractivity contribution in [2.45, 2.75) is 18.8 Å². The molecule has 1 aromatic carbocycles. The lowest BCUT2D eigenvalue weighted by Gasteiger charge is -2.46. The van der Waals surface area contributed by atoms with Gasteiger partial charge in [0.15, 0.2) is 0 Å². The highest BCUT2D eigenvalue weighted by Crippen LogP contribution is 2.41. The molecule has 0 aliphatic carbocycles. The van der Waals surface area contributed by atoms with Crippen molar-refractivity contribution in [3.8, 4) is 5.75 Å². The molecular formula is C14H21NO2. The van der Waals surface area contributed by atoms with Gasteiger partial charge >= 0.3 is 0 Å². The van der Waals surface area contributed by atoms with E-state index in [0.29, 0.717) is 5.92 Å². The fraction of sp³-hybridized carbons (Fsp3) is 0.571. The largest absolute Gasteiger partial charge is 0.497 e. The first-order valence-electron chi connectivity index (χ1n) is 6.15. The highest BCUT2D eigenvalue weighted by Gasteiger charge is 2.44. The summed E-state index contributed by atoms with van der Waals surface area (Å²) in [5.41, 5.74) is 7.12. The van der Waals surface area contributed by atoms with Gasteiger partial charge < -0.3 is 15.2 Å². The third kappa shape index (κ3) is 2.17. The minimum atomic E-state index is 0.133. The van der Waals surface area contributed by atoms with Crippen molar-refractivity contribution in [3.05, 3.63) is 29.8 Å². The van der Waals surface area contributed by atoms with Crippen molar-refractivity contribution < 1.29 is 9.47 Å². The van der Waals surface area contributed by atoms with Gasteiger partial charge in [0.05, 0.1) is 20.3 Å². The van der Waals surface area contributed by atoms with E-state index >= 15 is 0 Å². The molecule has 2 N–H and O–H groups in total. The molecule has 1 saturated heterocycles. The van der Waals surface area contributed by atoms with E-state index in [1.807, 2.05) is 12.1 Å². The van der Waals surface area contributed by atoms with Crippen LogP contribution < -0.4 is 10.5 Å². The zero-order chi connectivity index (χ0) is 12.3. The fourth-order valence-corrected chi connectivity index (χ4v) is 2.52. The van der Waals surface area contributed by atoms with Gasteiger partial charge in [-0.05, 0) is 36.6 Å². The van der Waals surface area contributed by atoms with E-state index in [9.17, 15) is 0 Å². The number of nitrogens with two attached hydrogens (primary N) is 1. The molecule has 3 heteroatoms. The topological polar surface area (TPSA) is 44.5 Å². The molecule has 0 amide bonds. The van der Waals surface area contributed by atoms with Gasteiger partial charge in [0.2, 0.25) is 0 Å². The Morgan fingerprint density at radius 2 is 2.24 bits per heavy atom. The van der Waals surface area contributed by atoms with Crippen LogP contribution in [0.25, 0.3) is 0 Å². The van der Waals surface area contributed by atoms with Crippen molar-refractivity contribution in [1.29, 1.82) is 0 Å². The van der Waals surface area contributed by atoms with Crippen LogP contribution in [0, 0.1) is 5.92 Å². The second-order valence-electron chi connectivity index (χ2n) is 4.86. The van der Waals surface area contributed by atoms with Crippen LogP contribution in [0.5, 0.6) is 5.75 Å². The lowest BCUT2D eigenvalue weighted by molar-refractivity contribution is -0.0883. The van der Waals surface area contributed by atoms with Gasteiger partial charge in [0.25, 0.3) is 0 Å². The molecule has 0 aromatic heterocycles. The van der Waals surface area contributed by atoms with Crippen molar-refractivity contribution in [3.63, 3.8) is 0 Å². The molecule has 1 fully saturated rings. The second-order valence-corrected chi connectivity index (χ2v) is 4.86. The number of benzene rings is 1. The van der Waals surface area contributed by atoms with Crippen LogP contribution >= 0.6 is 0 Å². The minimum Gasteiger partial charge on any atom is -0.497 e. The summed E-state index contributed by atoms with van der Waals surface area (Å²) in [4.78, 5) is 0. The molecule has 0 spiro atoms. The zero-order valence-electron chi connectivity index (χ0n) is 10.6. The van der Waals surface area contributed by atoms with Gasteiger partial charge in [0, 0.05) is 5.41 Å². The maximum atomic E-state index is 5.67. The first-order valence-corrected chi connectivity index (χ1v) is 6.15. The van der Waals surface area contributed by atoms with E-state index in [-0.39, 0.29) is 5.41 Å². The molecule has 0 radical (unpaired) electrons. The normalized spacial score (nSPS) is 19.5. The Hall–Kier alpha value is -1.06. The monoisotopic (exact) mass is 235 g/mol. The maximum absolute atomic E-state index is 5.67. The molecule has 1 atom stereocenters. The summed E-state index contributed by atoms with van der Waals surface area (Å²) in [6, 6.07) is 8.31. The zero-order valence-corrected chi connectivity index (χ0v) is 10.6. The Morgan fingerprint density at radius 3 is 2.76 bits per heavy atom. The van der Waals surface area contributed by atoms with Crippen LogP contribution in [0.15, 0.2) is 24.3 Å². The Kier molecular flexibility index (Phi) is 3.69. The van der Waals surface area contributed by atoms with E-state index in [2.05, 4.69) is 19.1 Å². The predicted molar refractivity (Wildman–Crippen MR) is 68.3 cm³/mol. The molecule has 1 aromatic rings. The number of methoxy groups -OCH3 is 1. The van der Waals surface area contributed by atoms with Crippen LogP contribution in [0.3, 0.4) is 0 Å². The number of rotatable bonds is 5. The number of ether oxygens (including phenoxy) is 2. The van der Waals surface area contributed by atoms with Crippen LogP contribution in [0.1, 0.15) is 18.9 Å². The predicted octanol–water partition coefficient (Wildman–Crippen LogP) is 1.95. The minimum absolute atomic E-state index is 0.133. The van der Waals surface area contributed by atoms with Crippen molar-refractivity contribution >= 4 is 0 Å². The van der Waals surface area contributed by atoms with Crippen molar-refractivity contribution in [2.75, 3.05) is 26.9 Å². The summed E-state index contributed by atoms with van der Waals surface area (Å²) in [7, 11) is 1.70. The van der Waals surface area contributed by atoms with Crippen LogP contribution in [-0.2, 0) is 10.2 Å². The van der Waals surface area contributed by atoms with Gasteiger partial charge in [-0.1, -0.05) is 19.1 Å². The summed E-state index contributed by atoms with van der Waals surface area (Å²) in [6.45, 7) is 4.57. The molecule has 94 valence electrons. The van der Waals surface area contributed by atoms with Gasteiger partial charge in [-0.25, -0.2) is 0 Å². The molecule has 3 nitrogen and oxygen atoms in total. The first kappa shape index (κ1) is 12.4. The average Bonchev–Trinajstić information content (AvgIpc) is 2.28. The third-order valence-corrected chi connectivity index (χ3v) is 3.91. The van der Waals surface area contributed by atoms with E-state index in [1.165, 1.54) is 5.56 Å². The van der Waals surface area contributed by atoms with E-state index in [4.69, 9.17) is 15.2 Å². The Balaban J connectivity index is 2.27. The summed E-state index contributed by atoms with van der Waals surface area (Å²) < 4.78 is 10.7. The quantitative estimate of drug-likeness (QED) is 0.848. The van der Waals surface area contributed by atoms with E-state index < -0.39 is 0 Å². The maximum Gasteiger partial charge on any atom is 0.119 e. The molecule has 0 bridgehead atoms. The van der Waals surface area contributed by atoms with Gasteiger partial charge in [0.1, 0.15) is 5.75 Å². The van der Waals surface area contributed by atoms with Crippen LogP contribution in [0.2, 0.25) is 0 Å². The van der Waals surface area contributed by atoms with Gasteiger partial charge in [-0.2, -0.15) is 0 Å². The SMILES string of the molecule is COc1cccc(C2(C(C)CCN)COC2)c1. The molecular weight excluding hydrogens is 214 g/mol. The van der Waals surface area contributed by atoms with Gasteiger partial charge in [-0.15, -0.1) is 0 Å². The molecule has 1 aliphatic rings. The summed E-state index contributed by atoms with van der Waals surface area (Å²) in [5, 5.41) is 0. The first-order chi connectivity index (χ1) is 8.23. The number of hydrogen-bond donors (Lipinski definition) is 1. The van der Waals surface area contributed by atoms with E-state index in [1.54, 1.807) is 7.11 Å². The standard InChI is InChI=1S/C14H21NO2/c1-11(6-7-15)14(9-17-10-14)12-4-3-5-13(8-12)16-2/h3-5,8,11H,6-7,9-10,15H2,1-2H3. The lowest BCUT2D eigenvalue weighted by atomic mass is 9.68. The lowest BCUT2D eigenvalue weighted by Crippen LogP contribution is -2.52. The van der Waals surface area contributed by atoms with Gasteiger partial charge in [-0.3, -0.25) is 0 Å². The Morgan fingerprint density at radius 1 is 1.47 bits per heavy atom. The smallest absolute Gasteiger partial charge is 0.119 e. The fourth-order valence-electron chi connectivity index (χ4n) is 2.52. The summed E-state index contributed by atoms with van der Waals surface area (Å²) >= 11 is 0. The molecule has 2 rings (SSSR count). The highest BCUT2D eigenvalue weighted by atomic mass is 16.5. The third-order valence-electron chi connectivity index (χ3n) is 3.91. The summed E-state index contributed by atoms with van der Waals surface area (Å²) in [5.74, 6) is 1.45. The molecule has 1 heterocycles. The average molecular weight is 235 g/mol.